The third-order valence-corrected chi connectivity index (χ3v) is 4.48. The number of carbonyl (C=O) groups excluding carboxylic acids is 1. The molecule has 9 heteroatoms. The number of rotatable bonds is 5. The number of aryl methyl sites for hydroxylation is 1. The van der Waals surface area contributed by atoms with Gasteiger partial charge in [-0.2, -0.15) is 13.2 Å². The number of imidazole rings is 1. The topological polar surface area (TPSA) is 87.4 Å². The number of amides is 1. The largest absolute Gasteiger partial charge is 0.425 e. The molecule has 1 aromatic rings. The Morgan fingerprint density at radius 3 is 2.50 bits per heavy atom. The average Bonchev–Trinajstić information content (AvgIpc) is 2.91. The molecule has 1 unspecified atom stereocenters. The minimum atomic E-state index is -5.06. The first-order valence-electron chi connectivity index (χ1n) is 7.83. The highest BCUT2D eigenvalue weighted by Crippen LogP contribution is 2.40. The van der Waals surface area contributed by atoms with Crippen LogP contribution in [0.4, 0.5) is 13.2 Å². The number of nitrogens with zero attached hydrogens (tertiary/aromatic N) is 2. The summed E-state index contributed by atoms with van der Waals surface area (Å²) in [5.74, 6) is -1.64. The maximum atomic E-state index is 13.3. The molecule has 1 saturated carbocycles. The minimum absolute atomic E-state index is 0.125. The number of aromatic nitrogens is 2. The summed E-state index contributed by atoms with van der Waals surface area (Å²) in [5, 5.41) is 22.7. The van der Waals surface area contributed by atoms with Gasteiger partial charge in [-0.3, -0.25) is 4.79 Å². The van der Waals surface area contributed by atoms with Crippen LogP contribution in [0.2, 0.25) is 0 Å². The second-order valence-corrected chi connectivity index (χ2v) is 6.46. The monoisotopic (exact) mass is 349 g/mol. The van der Waals surface area contributed by atoms with Crippen molar-refractivity contribution >= 4 is 5.91 Å². The van der Waals surface area contributed by atoms with Crippen LogP contribution >= 0.6 is 0 Å². The molecule has 24 heavy (non-hydrogen) atoms. The fraction of sp³-hybridized carbons (Fsp3) is 0.733. The number of hydrogen-bond donors (Lipinski definition) is 3. The van der Waals surface area contributed by atoms with Crippen LogP contribution in [0.3, 0.4) is 0 Å². The fourth-order valence-corrected chi connectivity index (χ4v) is 3.01. The third kappa shape index (κ3) is 3.89. The van der Waals surface area contributed by atoms with Crippen molar-refractivity contribution in [2.24, 2.45) is 7.05 Å². The van der Waals surface area contributed by atoms with E-state index in [-0.39, 0.29) is 6.54 Å². The summed E-state index contributed by atoms with van der Waals surface area (Å²) >= 11 is 0. The number of nitrogens with one attached hydrogen (secondary N) is 1. The first kappa shape index (κ1) is 18.7. The summed E-state index contributed by atoms with van der Waals surface area (Å²) in [4.78, 5) is 15.5. The van der Waals surface area contributed by atoms with Gasteiger partial charge in [-0.15, -0.1) is 0 Å². The van der Waals surface area contributed by atoms with Gasteiger partial charge < -0.3 is 20.1 Å². The van der Waals surface area contributed by atoms with Gasteiger partial charge in [0.15, 0.2) is 5.82 Å². The normalized spacial score (nSPS) is 20.4. The van der Waals surface area contributed by atoms with Crippen LogP contribution in [0.5, 0.6) is 0 Å². The van der Waals surface area contributed by atoms with Crippen molar-refractivity contribution in [3.63, 3.8) is 0 Å². The van der Waals surface area contributed by atoms with Gasteiger partial charge in [0.2, 0.25) is 11.5 Å². The molecule has 0 saturated heterocycles. The van der Waals surface area contributed by atoms with E-state index in [4.69, 9.17) is 0 Å². The highest BCUT2D eigenvalue weighted by atomic mass is 19.4. The predicted octanol–water partition coefficient (Wildman–Crippen LogP) is 1.37. The van der Waals surface area contributed by atoms with Crippen molar-refractivity contribution in [1.29, 1.82) is 0 Å². The molecule has 0 spiro atoms. The van der Waals surface area contributed by atoms with Crippen molar-refractivity contribution in [2.75, 3.05) is 6.54 Å². The number of alkyl halides is 3. The molecule has 0 aromatic carbocycles. The molecule has 1 heterocycles. The summed E-state index contributed by atoms with van der Waals surface area (Å²) in [6.45, 7) is -0.125. The molecule has 1 aliphatic carbocycles. The van der Waals surface area contributed by atoms with E-state index in [0.29, 0.717) is 12.8 Å². The molecule has 0 aliphatic heterocycles. The molecule has 3 N–H and O–H groups in total. The van der Waals surface area contributed by atoms with E-state index in [1.165, 1.54) is 13.2 Å². The number of carbonyl (C=O) groups is 1. The van der Waals surface area contributed by atoms with E-state index < -0.39 is 35.5 Å². The van der Waals surface area contributed by atoms with E-state index in [9.17, 15) is 28.2 Å². The Balaban J connectivity index is 2.07. The number of hydrogen-bond acceptors (Lipinski definition) is 4. The van der Waals surface area contributed by atoms with Crippen molar-refractivity contribution < 1.29 is 28.2 Å². The molecule has 6 nitrogen and oxygen atoms in total. The molecular weight excluding hydrogens is 327 g/mol. The van der Waals surface area contributed by atoms with Gasteiger partial charge in [0.25, 0.3) is 0 Å². The van der Waals surface area contributed by atoms with Crippen molar-refractivity contribution in [2.45, 2.75) is 55.9 Å². The first-order valence-corrected chi connectivity index (χ1v) is 7.83. The molecule has 1 atom stereocenters. The van der Waals surface area contributed by atoms with Crippen LogP contribution in [0.25, 0.3) is 0 Å². The van der Waals surface area contributed by atoms with Gasteiger partial charge in [-0.25, -0.2) is 4.98 Å². The molecule has 1 fully saturated rings. The molecular formula is C15H22F3N3O3. The van der Waals surface area contributed by atoms with Gasteiger partial charge in [-0.05, 0) is 12.8 Å². The van der Waals surface area contributed by atoms with Gasteiger partial charge in [0.1, 0.15) is 0 Å². The predicted molar refractivity (Wildman–Crippen MR) is 78.8 cm³/mol. The van der Waals surface area contributed by atoms with Crippen molar-refractivity contribution in [3.05, 3.63) is 18.2 Å². The second-order valence-electron chi connectivity index (χ2n) is 6.46. The average molecular weight is 349 g/mol. The summed E-state index contributed by atoms with van der Waals surface area (Å²) in [6.07, 6.45) is -0.292. The van der Waals surface area contributed by atoms with Crippen LogP contribution < -0.4 is 5.32 Å². The lowest BCUT2D eigenvalue weighted by molar-refractivity contribution is -0.271. The maximum Gasteiger partial charge on any atom is 0.425 e. The van der Waals surface area contributed by atoms with Crippen molar-refractivity contribution in [3.8, 4) is 0 Å². The van der Waals surface area contributed by atoms with E-state index in [1.807, 2.05) is 0 Å². The Kier molecular flexibility index (Phi) is 5.24. The zero-order valence-electron chi connectivity index (χ0n) is 13.4. The molecule has 0 bridgehead atoms. The third-order valence-electron chi connectivity index (χ3n) is 4.48. The molecule has 1 amide bonds. The highest BCUT2D eigenvalue weighted by Gasteiger charge is 2.58. The van der Waals surface area contributed by atoms with Gasteiger partial charge in [0, 0.05) is 26.0 Å². The lowest BCUT2D eigenvalue weighted by atomic mass is 9.85. The van der Waals surface area contributed by atoms with Crippen LogP contribution in [0.1, 0.15) is 44.3 Å². The Hall–Kier alpha value is -1.61. The Morgan fingerprint density at radius 1 is 1.38 bits per heavy atom. The molecule has 1 aliphatic rings. The molecule has 2 rings (SSSR count). The molecule has 0 radical (unpaired) electrons. The first-order chi connectivity index (χ1) is 11.1. The van der Waals surface area contributed by atoms with E-state index in [1.54, 1.807) is 0 Å². The van der Waals surface area contributed by atoms with Crippen LogP contribution in [-0.4, -0.2) is 44.0 Å². The van der Waals surface area contributed by atoms with Gasteiger partial charge in [0.05, 0.1) is 12.0 Å². The van der Waals surface area contributed by atoms with E-state index in [2.05, 4.69) is 10.3 Å². The quantitative estimate of drug-likeness (QED) is 0.749. The fourth-order valence-electron chi connectivity index (χ4n) is 3.01. The summed E-state index contributed by atoms with van der Waals surface area (Å²) < 4.78 is 41.1. The minimum Gasteiger partial charge on any atom is -0.388 e. The summed E-state index contributed by atoms with van der Waals surface area (Å²) in [7, 11) is 1.31. The Bertz CT molecular complexity index is 582. The van der Waals surface area contributed by atoms with Gasteiger partial charge in [-0.1, -0.05) is 19.3 Å². The smallest absolute Gasteiger partial charge is 0.388 e. The van der Waals surface area contributed by atoms with Crippen LogP contribution in [0, 0.1) is 0 Å². The number of halogens is 3. The zero-order valence-corrected chi connectivity index (χ0v) is 13.4. The van der Waals surface area contributed by atoms with Gasteiger partial charge >= 0.3 is 6.18 Å². The number of aliphatic hydroxyl groups is 2. The summed E-state index contributed by atoms with van der Waals surface area (Å²) in [6, 6.07) is 0. The molecule has 1 aromatic heterocycles. The van der Waals surface area contributed by atoms with Crippen LogP contribution in [0.15, 0.2) is 12.4 Å². The van der Waals surface area contributed by atoms with Crippen LogP contribution in [-0.2, 0) is 17.4 Å². The Labute approximate surface area is 137 Å². The summed E-state index contributed by atoms with van der Waals surface area (Å²) in [5.41, 5.74) is -4.47. The lowest BCUT2D eigenvalue weighted by Gasteiger charge is -2.33. The Morgan fingerprint density at radius 2 is 2.00 bits per heavy atom. The zero-order chi connectivity index (χ0) is 18.0. The SMILES string of the molecule is Cn1ccnc1C(O)(CC(=O)NCC1(O)CCCCC1)C(F)(F)F. The second kappa shape index (κ2) is 6.72. The highest BCUT2D eigenvalue weighted by molar-refractivity contribution is 5.77. The lowest BCUT2D eigenvalue weighted by Crippen LogP contribution is -2.50. The van der Waals surface area contributed by atoms with E-state index in [0.717, 1.165) is 30.0 Å². The molecule has 136 valence electrons. The maximum absolute atomic E-state index is 13.3. The van der Waals surface area contributed by atoms with Crippen molar-refractivity contribution in [1.82, 2.24) is 14.9 Å². The standard InChI is InChI=1S/C15H22F3N3O3/c1-21-8-7-19-12(21)14(24,15(16,17)18)9-11(22)20-10-13(23)5-3-2-4-6-13/h7-8,23-24H,2-6,9-10H2,1H3,(H,20,22). The van der Waals surface area contributed by atoms with E-state index >= 15 is 0 Å².